The van der Waals surface area contributed by atoms with E-state index in [1.807, 2.05) is 38.1 Å². The highest BCUT2D eigenvalue weighted by atomic mass is 32.2. The lowest BCUT2D eigenvalue weighted by Crippen LogP contribution is -2.44. The first-order chi connectivity index (χ1) is 10.3. The van der Waals surface area contributed by atoms with E-state index in [0.29, 0.717) is 6.42 Å². The largest absolute Gasteiger partial charge is 0.497 e. The summed E-state index contributed by atoms with van der Waals surface area (Å²) in [4.78, 5) is 24.3. The Morgan fingerprint density at radius 2 is 1.82 bits per heavy atom. The van der Waals surface area contributed by atoms with Crippen LogP contribution in [0.5, 0.6) is 5.75 Å². The topological polar surface area (TPSA) is 75.6 Å². The van der Waals surface area contributed by atoms with Gasteiger partial charge in [0.1, 0.15) is 11.8 Å². The van der Waals surface area contributed by atoms with Crippen molar-refractivity contribution in [2.45, 2.75) is 43.4 Å². The lowest BCUT2D eigenvalue weighted by atomic mass is 10.0. The fourth-order valence-corrected chi connectivity index (χ4v) is 2.77. The van der Waals surface area contributed by atoms with Crippen LogP contribution in [-0.4, -0.2) is 35.4 Å². The van der Waals surface area contributed by atoms with Crippen LogP contribution >= 0.6 is 11.8 Å². The Balaban J connectivity index is 2.61. The molecule has 22 heavy (non-hydrogen) atoms. The van der Waals surface area contributed by atoms with Crippen LogP contribution in [0, 0.1) is 5.92 Å². The smallest absolute Gasteiger partial charge is 0.326 e. The van der Waals surface area contributed by atoms with Gasteiger partial charge < -0.3 is 15.2 Å². The van der Waals surface area contributed by atoms with Gasteiger partial charge in [0.15, 0.2) is 0 Å². The van der Waals surface area contributed by atoms with Crippen LogP contribution < -0.4 is 10.1 Å². The highest BCUT2D eigenvalue weighted by Gasteiger charge is 2.24. The third kappa shape index (κ3) is 5.97. The predicted molar refractivity (Wildman–Crippen MR) is 87.3 cm³/mol. The Kier molecular flexibility index (Phi) is 7.24. The van der Waals surface area contributed by atoms with Gasteiger partial charge in [0.25, 0.3) is 0 Å². The summed E-state index contributed by atoms with van der Waals surface area (Å²) in [5.74, 6) is -0.312. The number of hydrogen-bond acceptors (Lipinski definition) is 4. The van der Waals surface area contributed by atoms with E-state index in [-0.39, 0.29) is 17.1 Å². The average molecular weight is 325 g/mol. The molecule has 5 nitrogen and oxygen atoms in total. The van der Waals surface area contributed by atoms with Gasteiger partial charge in [-0.1, -0.05) is 13.8 Å². The molecule has 1 amide bonds. The number of carbonyl (C=O) groups is 2. The van der Waals surface area contributed by atoms with Gasteiger partial charge in [-0.05, 0) is 43.5 Å². The first-order valence-corrected chi connectivity index (χ1v) is 8.05. The molecule has 0 heterocycles. The van der Waals surface area contributed by atoms with E-state index >= 15 is 0 Å². The molecule has 1 aromatic rings. The van der Waals surface area contributed by atoms with E-state index < -0.39 is 12.0 Å². The van der Waals surface area contributed by atoms with E-state index in [2.05, 4.69) is 5.32 Å². The Hall–Kier alpha value is -1.69. The van der Waals surface area contributed by atoms with E-state index in [1.165, 1.54) is 11.8 Å². The molecule has 1 unspecified atom stereocenters. The van der Waals surface area contributed by atoms with Crippen LogP contribution in [0.4, 0.5) is 0 Å². The van der Waals surface area contributed by atoms with Crippen molar-refractivity contribution in [3.05, 3.63) is 24.3 Å². The van der Waals surface area contributed by atoms with Gasteiger partial charge in [0, 0.05) is 4.90 Å². The Bertz CT molecular complexity index is 501. The summed E-state index contributed by atoms with van der Waals surface area (Å²) in [6.07, 6.45) is 0.418. The van der Waals surface area contributed by atoms with Crippen LogP contribution in [0.2, 0.25) is 0 Å². The second-order valence-electron chi connectivity index (χ2n) is 5.46. The number of benzene rings is 1. The fourth-order valence-electron chi connectivity index (χ4n) is 1.89. The molecular weight excluding hydrogens is 302 g/mol. The van der Waals surface area contributed by atoms with Gasteiger partial charge >= 0.3 is 5.97 Å². The second kappa shape index (κ2) is 8.68. The molecule has 0 aromatic heterocycles. The predicted octanol–water partition coefficient (Wildman–Crippen LogP) is 2.79. The number of nitrogens with one attached hydrogen (secondary N) is 1. The number of thioether (sulfide) groups is 1. The van der Waals surface area contributed by atoms with Crippen LogP contribution in [0.3, 0.4) is 0 Å². The van der Waals surface area contributed by atoms with E-state index in [9.17, 15) is 9.59 Å². The third-order valence-electron chi connectivity index (χ3n) is 3.06. The molecule has 0 radical (unpaired) electrons. The molecule has 6 heteroatoms. The number of carboxylic acid groups (broad SMARTS) is 1. The van der Waals surface area contributed by atoms with Crippen LogP contribution in [0.25, 0.3) is 0 Å². The van der Waals surface area contributed by atoms with Crippen molar-refractivity contribution in [1.82, 2.24) is 5.32 Å². The molecule has 122 valence electrons. The molecule has 0 spiro atoms. The normalized spacial score (nSPS) is 13.5. The summed E-state index contributed by atoms with van der Waals surface area (Å²) in [6, 6.07) is 6.55. The van der Waals surface area contributed by atoms with Gasteiger partial charge in [-0.25, -0.2) is 4.79 Å². The quantitative estimate of drug-likeness (QED) is 0.719. The summed E-state index contributed by atoms with van der Waals surface area (Å²) in [6.45, 7) is 5.62. The minimum Gasteiger partial charge on any atom is -0.497 e. The number of rotatable bonds is 8. The van der Waals surface area contributed by atoms with Crippen molar-refractivity contribution >= 4 is 23.6 Å². The van der Waals surface area contributed by atoms with Gasteiger partial charge in [0.2, 0.25) is 5.91 Å². The van der Waals surface area contributed by atoms with E-state index in [4.69, 9.17) is 9.84 Å². The van der Waals surface area contributed by atoms with Crippen LogP contribution in [-0.2, 0) is 9.59 Å². The Labute approximate surface area is 135 Å². The molecule has 1 aromatic carbocycles. The molecule has 0 saturated carbocycles. The maximum Gasteiger partial charge on any atom is 0.326 e. The maximum absolute atomic E-state index is 12.1. The van der Waals surface area contributed by atoms with Crippen molar-refractivity contribution in [1.29, 1.82) is 0 Å². The lowest BCUT2D eigenvalue weighted by Gasteiger charge is -2.19. The zero-order valence-corrected chi connectivity index (χ0v) is 14.1. The fraction of sp³-hybridized carbons (Fsp3) is 0.500. The molecule has 0 saturated heterocycles. The van der Waals surface area contributed by atoms with Crippen molar-refractivity contribution in [3.63, 3.8) is 0 Å². The molecule has 0 aliphatic rings. The molecule has 0 fully saturated rings. The van der Waals surface area contributed by atoms with Crippen molar-refractivity contribution < 1.29 is 19.4 Å². The molecule has 0 aliphatic heterocycles. The van der Waals surface area contributed by atoms with Gasteiger partial charge in [-0.3, -0.25) is 4.79 Å². The van der Waals surface area contributed by atoms with Gasteiger partial charge in [-0.15, -0.1) is 11.8 Å². The van der Waals surface area contributed by atoms with Crippen LogP contribution in [0.15, 0.2) is 29.2 Å². The second-order valence-corrected chi connectivity index (χ2v) is 6.88. The molecule has 2 atom stereocenters. The molecule has 2 N–H and O–H groups in total. The Morgan fingerprint density at radius 3 is 2.27 bits per heavy atom. The average Bonchev–Trinajstić information content (AvgIpc) is 2.46. The highest BCUT2D eigenvalue weighted by Crippen LogP contribution is 2.25. The molecule has 0 bridgehead atoms. The number of amides is 1. The number of ether oxygens (including phenoxy) is 1. The zero-order valence-electron chi connectivity index (χ0n) is 13.3. The molecular formula is C16H23NO4S. The first kappa shape index (κ1) is 18.4. The number of carboxylic acids is 1. The van der Waals surface area contributed by atoms with Crippen molar-refractivity contribution in [2.75, 3.05) is 7.11 Å². The van der Waals surface area contributed by atoms with Crippen molar-refractivity contribution in [3.8, 4) is 5.75 Å². The van der Waals surface area contributed by atoms with Crippen molar-refractivity contribution in [2.24, 2.45) is 5.92 Å². The minimum atomic E-state index is -0.997. The van der Waals surface area contributed by atoms with Crippen LogP contribution in [0.1, 0.15) is 27.2 Å². The summed E-state index contributed by atoms with van der Waals surface area (Å²) in [5, 5.41) is 11.4. The number of carbonyl (C=O) groups excluding carboxylic acids is 1. The van der Waals surface area contributed by atoms with Gasteiger partial charge in [0.05, 0.1) is 12.4 Å². The highest BCUT2D eigenvalue weighted by molar-refractivity contribution is 8.00. The van der Waals surface area contributed by atoms with E-state index in [1.54, 1.807) is 14.0 Å². The van der Waals surface area contributed by atoms with Gasteiger partial charge in [-0.2, -0.15) is 0 Å². The number of aliphatic carboxylic acids is 1. The summed E-state index contributed by atoms with van der Waals surface area (Å²) < 4.78 is 5.08. The lowest BCUT2D eigenvalue weighted by molar-refractivity contribution is -0.142. The first-order valence-electron chi connectivity index (χ1n) is 7.17. The summed E-state index contributed by atoms with van der Waals surface area (Å²) >= 11 is 1.38. The summed E-state index contributed by atoms with van der Waals surface area (Å²) in [7, 11) is 1.60. The Morgan fingerprint density at radius 1 is 1.23 bits per heavy atom. The standard InChI is InChI=1S/C16H23NO4S/c1-10(2)9-14(16(19)20)17-15(18)11(3)22-13-7-5-12(21-4)6-8-13/h5-8,10-11,14H,9H2,1-4H3,(H,17,18)(H,19,20)/t11?,14-/m1/s1. The zero-order chi connectivity index (χ0) is 16.7. The summed E-state index contributed by atoms with van der Waals surface area (Å²) in [5.41, 5.74) is 0. The van der Waals surface area contributed by atoms with E-state index in [0.717, 1.165) is 10.6 Å². The number of hydrogen-bond donors (Lipinski definition) is 2. The maximum atomic E-state index is 12.1. The minimum absolute atomic E-state index is 0.200. The number of methoxy groups -OCH3 is 1. The monoisotopic (exact) mass is 325 g/mol. The molecule has 1 rings (SSSR count). The molecule has 0 aliphatic carbocycles. The third-order valence-corrected chi connectivity index (χ3v) is 4.18. The SMILES string of the molecule is COc1ccc(SC(C)C(=O)N[C@H](CC(C)C)C(=O)O)cc1.